The molecule has 0 bridgehead atoms. The number of carbonyl (C=O) groups is 1. The van der Waals surface area contributed by atoms with Crippen LogP contribution in [0.5, 0.6) is 0 Å². The van der Waals surface area contributed by atoms with Gasteiger partial charge in [-0.1, -0.05) is 0 Å². The van der Waals surface area contributed by atoms with Gasteiger partial charge in [0.1, 0.15) is 0 Å². The lowest BCUT2D eigenvalue weighted by atomic mass is 10.3. The first-order valence-electron chi connectivity index (χ1n) is 2.65. The lowest BCUT2D eigenvalue weighted by Crippen LogP contribution is -2.12. The molecule has 4 heteroatoms. The third kappa shape index (κ3) is 1.45. The van der Waals surface area contributed by atoms with E-state index in [-0.39, 0.29) is 5.91 Å². The second-order valence-electron chi connectivity index (χ2n) is 1.67. The summed E-state index contributed by atoms with van der Waals surface area (Å²) in [6.07, 6.45) is 3.03. The van der Waals surface area contributed by atoms with Crippen LogP contribution in [0.4, 0.5) is 0 Å². The van der Waals surface area contributed by atoms with E-state index in [0.29, 0.717) is 5.56 Å². The van der Waals surface area contributed by atoms with E-state index < -0.39 is 0 Å². The first kappa shape index (κ1) is 7.02. The van der Waals surface area contributed by atoms with Crippen LogP contribution in [-0.4, -0.2) is 10.9 Å². The molecular weight excluding hydrogens is 152 g/mol. The maximum absolute atomic E-state index is 10.7. The number of aromatic nitrogens is 1. The number of halogens is 1. The number of nitrogens with one attached hydrogen (secondary N) is 1. The number of rotatable bonds is 1. The quantitative estimate of drug-likeness (QED) is 0.616. The van der Waals surface area contributed by atoms with Gasteiger partial charge in [-0.15, -0.1) is 0 Å². The average molecular weight is 157 g/mol. The van der Waals surface area contributed by atoms with E-state index in [1.165, 1.54) is 6.20 Å². The van der Waals surface area contributed by atoms with E-state index in [2.05, 4.69) is 4.98 Å². The fourth-order valence-electron chi connectivity index (χ4n) is 0.552. The summed E-state index contributed by atoms with van der Waals surface area (Å²) in [5, 5.41) is 0. The van der Waals surface area contributed by atoms with Crippen LogP contribution in [0, 0.1) is 0 Å². The van der Waals surface area contributed by atoms with Crippen molar-refractivity contribution >= 4 is 17.7 Å². The Balaban J connectivity index is 2.85. The van der Waals surface area contributed by atoms with Gasteiger partial charge in [0, 0.05) is 24.2 Å². The first-order chi connectivity index (χ1) is 4.84. The van der Waals surface area contributed by atoms with E-state index >= 15 is 0 Å². The van der Waals surface area contributed by atoms with E-state index in [0.717, 1.165) is 0 Å². The van der Waals surface area contributed by atoms with Crippen LogP contribution in [0.15, 0.2) is 24.5 Å². The Labute approximate surface area is 63.1 Å². The summed E-state index contributed by atoms with van der Waals surface area (Å²) in [7, 11) is 0. The minimum Gasteiger partial charge on any atom is -0.268 e. The highest BCUT2D eigenvalue weighted by Crippen LogP contribution is 1.94. The van der Waals surface area contributed by atoms with Gasteiger partial charge in [-0.05, 0) is 12.1 Å². The van der Waals surface area contributed by atoms with Crippen molar-refractivity contribution in [2.24, 2.45) is 0 Å². The second kappa shape index (κ2) is 3.17. The summed E-state index contributed by atoms with van der Waals surface area (Å²) in [6.45, 7) is 0. The largest absolute Gasteiger partial charge is 0.268 e. The molecule has 0 fully saturated rings. The van der Waals surface area contributed by atoms with E-state index in [9.17, 15) is 4.79 Å². The Kier molecular flexibility index (Phi) is 2.23. The van der Waals surface area contributed by atoms with Crippen molar-refractivity contribution in [2.45, 2.75) is 0 Å². The summed E-state index contributed by atoms with van der Waals surface area (Å²) in [5.41, 5.74) is 0.456. The van der Waals surface area contributed by atoms with Gasteiger partial charge in [-0.2, -0.15) is 0 Å². The molecule has 3 nitrogen and oxygen atoms in total. The molecule has 0 atom stereocenters. The number of carbonyl (C=O) groups excluding carboxylic acids is 1. The number of amides is 1. The Morgan fingerprint density at radius 2 is 2.50 bits per heavy atom. The normalized spacial score (nSPS) is 8.90. The summed E-state index contributed by atoms with van der Waals surface area (Å²) in [6, 6.07) is 3.30. The second-order valence-corrected chi connectivity index (χ2v) is 1.85. The topological polar surface area (TPSA) is 42.0 Å². The molecule has 1 amide bonds. The van der Waals surface area contributed by atoms with Gasteiger partial charge in [0.05, 0.1) is 5.56 Å². The third-order valence-corrected chi connectivity index (χ3v) is 1.18. The molecule has 0 unspecified atom stereocenters. The lowest BCUT2D eigenvalue weighted by molar-refractivity contribution is 0.0981. The van der Waals surface area contributed by atoms with Crippen molar-refractivity contribution < 1.29 is 4.79 Å². The van der Waals surface area contributed by atoms with Crippen molar-refractivity contribution in [2.75, 3.05) is 0 Å². The third-order valence-electron chi connectivity index (χ3n) is 1.01. The SMILES string of the molecule is O=C(NCl)c1cccnc1. The van der Waals surface area contributed by atoms with Gasteiger partial charge in [-0.25, -0.2) is 0 Å². The molecule has 1 rings (SSSR count). The molecule has 0 aromatic carbocycles. The molecule has 1 heterocycles. The van der Waals surface area contributed by atoms with Gasteiger partial charge in [0.25, 0.3) is 5.91 Å². The highest BCUT2D eigenvalue weighted by Gasteiger charge is 2.00. The van der Waals surface area contributed by atoms with E-state index in [4.69, 9.17) is 11.8 Å². The fourth-order valence-corrected chi connectivity index (χ4v) is 0.661. The Bertz CT molecular complexity index is 224. The van der Waals surface area contributed by atoms with Crippen LogP contribution in [0.1, 0.15) is 10.4 Å². The Morgan fingerprint density at radius 1 is 1.70 bits per heavy atom. The molecule has 1 aromatic heterocycles. The van der Waals surface area contributed by atoms with Crippen LogP contribution in [-0.2, 0) is 0 Å². The molecule has 0 spiro atoms. The minimum absolute atomic E-state index is 0.338. The molecule has 1 aromatic rings. The van der Waals surface area contributed by atoms with Gasteiger partial charge in [-0.3, -0.25) is 14.6 Å². The predicted molar refractivity (Wildman–Crippen MR) is 37.6 cm³/mol. The molecular formula is C6H5ClN2O. The number of hydrogen-bond acceptors (Lipinski definition) is 2. The van der Waals surface area contributed by atoms with Gasteiger partial charge in [0.2, 0.25) is 0 Å². The van der Waals surface area contributed by atoms with Gasteiger partial charge >= 0.3 is 0 Å². The number of pyridine rings is 1. The maximum Gasteiger partial charge on any atom is 0.267 e. The van der Waals surface area contributed by atoms with Crippen LogP contribution in [0.2, 0.25) is 0 Å². The zero-order chi connectivity index (χ0) is 7.40. The highest BCUT2D eigenvalue weighted by molar-refractivity contribution is 6.24. The Hall–Kier alpha value is -1.09. The van der Waals surface area contributed by atoms with Gasteiger partial charge in [0.15, 0.2) is 0 Å². The zero-order valence-corrected chi connectivity index (χ0v) is 5.80. The number of nitrogens with zero attached hydrogens (tertiary/aromatic N) is 1. The monoisotopic (exact) mass is 156 g/mol. The van der Waals surface area contributed by atoms with Crippen LogP contribution < -0.4 is 4.84 Å². The number of hydrogen-bond donors (Lipinski definition) is 1. The lowest BCUT2D eigenvalue weighted by Gasteiger charge is -1.93. The molecule has 0 aliphatic carbocycles. The molecule has 0 radical (unpaired) electrons. The Morgan fingerprint density at radius 3 is 3.00 bits per heavy atom. The summed E-state index contributed by atoms with van der Waals surface area (Å²) in [4.78, 5) is 16.4. The molecule has 0 aliphatic heterocycles. The van der Waals surface area contributed by atoms with Crippen molar-refractivity contribution in [3.05, 3.63) is 30.1 Å². The smallest absolute Gasteiger partial charge is 0.267 e. The van der Waals surface area contributed by atoms with Crippen molar-refractivity contribution in [1.82, 2.24) is 9.82 Å². The van der Waals surface area contributed by atoms with E-state index in [1.807, 2.05) is 4.84 Å². The van der Waals surface area contributed by atoms with Crippen molar-refractivity contribution in [1.29, 1.82) is 0 Å². The van der Waals surface area contributed by atoms with Crippen LogP contribution >= 0.6 is 11.8 Å². The van der Waals surface area contributed by atoms with E-state index in [1.54, 1.807) is 18.3 Å². The fraction of sp³-hybridized carbons (Fsp3) is 0. The highest BCUT2D eigenvalue weighted by atomic mass is 35.5. The standard InChI is InChI=1S/C6H5ClN2O/c7-9-6(10)5-2-1-3-8-4-5/h1-4H,(H,9,10). The summed E-state index contributed by atoms with van der Waals surface area (Å²) >= 11 is 5.06. The van der Waals surface area contributed by atoms with Crippen molar-refractivity contribution in [3.8, 4) is 0 Å². The van der Waals surface area contributed by atoms with Crippen LogP contribution in [0.3, 0.4) is 0 Å². The molecule has 52 valence electrons. The summed E-state index contributed by atoms with van der Waals surface area (Å²) < 4.78 is 0. The van der Waals surface area contributed by atoms with Crippen LogP contribution in [0.25, 0.3) is 0 Å². The molecule has 0 aliphatic rings. The maximum atomic E-state index is 10.7. The average Bonchev–Trinajstić information content (AvgIpc) is 2.05. The minimum atomic E-state index is -0.338. The first-order valence-corrected chi connectivity index (χ1v) is 3.03. The molecule has 0 saturated heterocycles. The molecule has 0 saturated carbocycles. The zero-order valence-electron chi connectivity index (χ0n) is 5.04. The summed E-state index contributed by atoms with van der Waals surface area (Å²) in [5.74, 6) is -0.338. The van der Waals surface area contributed by atoms with Crippen molar-refractivity contribution in [3.63, 3.8) is 0 Å². The van der Waals surface area contributed by atoms with Gasteiger partial charge < -0.3 is 0 Å². The molecule has 1 N–H and O–H groups in total. The molecule has 10 heavy (non-hydrogen) atoms. The predicted octanol–water partition coefficient (Wildman–Crippen LogP) is 0.965.